The first-order valence-corrected chi connectivity index (χ1v) is 5.93. The number of hydrogen-bond acceptors (Lipinski definition) is 2. The van der Waals surface area contributed by atoms with E-state index in [1.807, 2.05) is 6.07 Å². The van der Waals surface area contributed by atoms with Gasteiger partial charge >= 0.3 is 0 Å². The predicted octanol–water partition coefficient (Wildman–Crippen LogP) is 1.93. The Hall–Kier alpha value is -1.58. The maximum Gasteiger partial charge on any atom is 0.217 e. The zero-order chi connectivity index (χ0) is 12.3. The summed E-state index contributed by atoms with van der Waals surface area (Å²) in [5.41, 5.74) is 0.922. The van der Waals surface area contributed by atoms with Crippen molar-refractivity contribution in [1.29, 1.82) is 0 Å². The first-order chi connectivity index (χ1) is 8.15. The number of benzene rings is 1. The fourth-order valence-electron chi connectivity index (χ4n) is 2.24. The van der Waals surface area contributed by atoms with Gasteiger partial charge in [0.15, 0.2) is 0 Å². The third-order valence-corrected chi connectivity index (χ3v) is 3.08. The standard InChI is InChI=1S/C13H17FN2O/c1-10(17)15-12-5-7-16(8-6-12)13-4-2-3-11(14)9-13/h2-4,9,12H,5-8H2,1H3,(H,15,17). The van der Waals surface area contributed by atoms with Crippen LogP contribution in [0.4, 0.5) is 10.1 Å². The molecule has 0 bridgehead atoms. The molecule has 1 saturated heterocycles. The average molecular weight is 236 g/mol. The molecular formula is C13H17FN2O. The van der Waals surface area contributed by atoms with Gasteiger partial charge in [-0.1, -0.05) is 6.07 Å². The Morgan fingerprint density at radius 2 is 2.12 bits per heavy atom. The summed E-state index contributed by atoms with van der Waals surface area (Å²) in [6, 6.07) is 6.91. The van der Waals surface area contributed by atoms with Crippen LogP contribution in [-0.4, -0.2) is 25.0 Å². The summed E-state index contributed by atoms with van der Waals surface area (Å²) in [7, 11) is 0. The number of carbonyl (C=O) groups is 1. The van der Waals surface area contributed by atoms with Crippen LogP contribution < -0.4 is 10.2 Å². The van der Waals surface area contributed by atoms with Crippen LogP contribution in [0, 0.1) is 5.82 Å². The van der Waals surface area contributed by atoms with E-state index in [9.17, 15) is 9.18 Å². The molecule has 1 heterocycles. The highest BCUT2D eigenvalue weighted by Crippen LogP contribution is 2.20. The average Bonchev–Trinajstić information content (AvgIpc) is 2.29. The Morgan fingerprint density at radius 3 is 2.71 bits per heavy atom. The number of nitrogens with one attached hydrogen (secondary N) is 1. The van der Waals surface area contributed by atoms with E-state index in [-0.39, 0.29) is 17.8 Å². The number of nitrogens with zero attached hydrogens (tertiary/aromatic N) is 1. The summed E-state index contributed by atoms with van der Waals surface area (Å²) in [5.74, 6) is -0.180. The summed E-state index contributed by atoms with van der Waals surface area (Å²) in [5, 5.41) is 2.93. The minimum absolute atomic E-state index is 0.0224. The highest BCUT2D eigenvalue weighted by atomic mass is 19.1. The van der Waals surface area contributed by atoms with Gasteiger partial charge in [-0.3, -0.25) is 4.79 Å². The summed E-state index contributed by atoms with van der Waals surface area (Å²) in [6.07, 6.45) is 1.83. The van der Waals surface area contributed by atoms with Gasteiger partial charge in [0, 0.05) is 31.7 Å². The number of halogens is 1. The van der Waals surface area contributed by atoms with Crippen LogP contribution in [0.1, 0.15) is 19.8 Å². The number of anilines is 1. The van der Waals surface area contributed by atoms with Gasteiger partial charge in [-0.2, -0.15) is 0 Å². The molecular weight excluding hydrogens is 219 g/mol. The van der Waals surface area contributed by atoms with Crippen molar-refractivity contribution in [1.82, 2.24) is 5.32 Å². The molecule has 1 amide bonds. The summed E-state index contributed by atoms with van der Waals surface area (Å²) < 4.78 is 13.1. The van der Waals surface area contributed by atoms with E-state index in [0.717, 1.165) is 31.6 Å². The lowest BCUT2D eigenvalue weighted by molar-refractivity contribution is -0.119. The van der Waals surface area contributed by atoms with E-state index >= 15 is 0 Å². The van der Waals surface area contributed by atoms with E-state index in [2.05, 4.69) is 10.2 Å². The molecule has 0 spiro atoms. The van der Waals surface area contributed by atoms with Crippen molar-refractivity contribution >= 4 is 11.6 Å². The molecule has 1 aliphatic rings. The first kappa shape index (κ1) is 11.9. The van der Waals surface area contributed by atoms with Gasteiger partial charge < -0.3 is 10.2 Å². The van der Waals surface area contributed by atoms with Crippen LogP contribution in [0.25, 0.3) is 0 Å². The molecule has 0 aromatic heterocycles. The van der Waals surface area contributed by atoms with Crippen molar-refractivity contribution in [2.45, 2.75) is 25.8 Å². The molecule has 0 radical (unpaired) electrons. The molecule has 0 aliphatic carbocycles. The first-order valence-electron chi connectivity index (χ1n) is 5.93. The van der Waals surface area contributed by atoms with Crippen LogP contribution in [0.3, 0.4) is 0 Å². The van der Waals surface area contributed by atoms with Gasteiger partial charge in [0.2, 0.25) is 5.91 Å². The van der Waals surface area contributed by atoms with E-state index in [4.69, 9.17) is 0 Å². The SMILES string of the molecule is CC(=O)NC1CCN(c2cccc(F)c2)CC1. The van der Waals surface area contributed by atoms with Crippen molar-refractivity contribution in [2.75, 3.05) is 18.0 Å². The smallest absolute Gasteiger partial charge is 0.217 e. The summed E-state index contributed by atoms with van der Waals surface area (Å²) >= 11 is 0. The summed E-state index contributed by atoms with van der Waals surface area (Å²) in [6.45, 7) is 3.25. The van der Waals surface area contributed by atoms with Crippen LogP contribution in [-0.2, 0) is 4.79 Å². The molecule has 92 valence electrons. The van der Waals surface area contributed by atoms with E-state index in [1.165, 1.54) is 6.07 Å². The zero-order valence-corrected chi connectivity index (χ0v) is 9.95. The number of hydrogen-bond donors (Lipinski definition) is 1. The Balaban J connectivity index is 1.93. The van der Waals surface area contributed by atoms with Crippen LogP contribution in [0.2, 0.25) is 0 Å². The zero-order valence-electron chi connectivity index (χ0n) is 9.95. The largest absolute Gasteiger partial charge is 0.371 e. The topological polar surface area (TPSA) is 32.3 Å². The molecule has 3 nitrogen and oxygen atoms in total. The van der Waals surface area contributed by atoms with Gasteiger partial charge in [0.25, 0.3) is 0 Å². The maximum atomic E-state index is 13.1. The molecule has 1 aromatic carbocycles. The second kappa shape index (κ2) is 5.17. The third kappa shape index (κ3) is 3.19. The van der Waals surface area contributed by atoms with Gasteiger partial charge in [0.1, 0.15) is 5.82 Å². The Labute approximate surface area is 101 Å². The molecule has 17 heavy (non-hydrogen) atoms. The normalized spacial score (nSPS) is 16.9. The highest BCUT2D eigenvalue weighted by molar-refractivity contribution is 5.73. The van der Waals surface area contributed by atoms with Crippen LogP contribution in [0.5, 0.6) is 0 Å². The van der Waals surface area contributed by atoms with Crippen molar-refractivity contribution in [3.05, 3.63) is 30.1 Å². The molecule has 1 N–H and O–H groups in total. The van der Waals surface area contributed by atoms with Gasteiger partial charge in [-0.05, 0) is 31.0 Å². The molecule has 1 aliphatic heterocycles. The van der Waals surface area contributed by atoms with Crippen molar-refractivity contribution in [3.8, 4) is 0 Å². The lowest BCUT2D eigenvalue weighted by Crippen LogP contribution is -2.44. The molecule has 4 heteroatoms. The number of piperidine rings is 1. The Morgan fingerprint density at radius 1 is 1.41 bits per heavy atom. The molecule has 2 rings (SSSR count). The van der Waals surface area contributed by atoms with E-state index in [0.29, 0.717) is 0 Å². The minimum Gasteiger partial charge on any atom is -0.371 e. The number of rotatable bonds is 2. The fourth-order valence-corrected chi connectivity index (χ4v) is 2.24. The predicted molar refractivity (Wildman–Crippen MR) is 65.5 cm³/mol. The van der Waals surface area contributed by atoms with Crippen LogP contribution >= 0.6 is 0 Å². The third-order valence-electron chi connectivity index (χ3n) is 3.08. The quantitative estimate of drug-likeness (QED) is 0.851. The highest BCUT2D eigenvalue weighted by Gasteiger charge is 2.19. The van der Waals surface area contributed by atoms with Crippen molar-refractivity contribution < 1.29 is 9.18 Å². The minimum atomic E-state index is -0.202. The Kier molecular flexibility index (Phi) is 3.61. The lowest BCUT2D eigenvalue weighted by atomic mass is 10.0. The summed E-state index contributed by atoms with van der Waals surface area (Å²) in [4.78, 5) is 13.1. The Bertz CT molecular complexity index is 400. The maximum absolute atomic E-state index is 13.1. The van der Waals surface area contributed by atoms with E-state index < -0.39 is 0 Å². The number of amides is 1. The second-order valence-electron chi connectivity index (χ2n) is 4.44. The number of carbonyl (C=O) groups excluding carboxylic acids is 1. The fraction of sp³-hybridized carbons (Fsp3) is 0.462. The van der Waals surface area contributed by atoms with E-state index in [1.54, 1.807) is 19.1 Å². The molecule has 0 atom stereocenters. The lowest BCUT2D eigenvalue weighted by Gasteiger charge is -2.33. The molecule has 1 aromatic rings. The van der Waals surface area contributed by atoms with Crippen molar-refractivity contribution in [3.63, 3.8) is 0 Å². The van der Waals surface area contributed by atoms with Crippen molar-refractivity contribution in [2.24, 2.45) is 0 Å². The monoisotopic (exact) mass is 236 g/mol. The molecule has 0 saturated carbocycles. The van der Waals surface area contributed by atoms with Crippen LogP contribution in [0.15, 0.2) is 24.3 Å². The molecule has 1 fully saturated rings. The second-order valence-corrected chi connectivity index (χ2v) is 4.44. The van der Waals surface area contributed by atoms with Gasteiger partial charge in [0.05, 0.1) is 0 Å². The van der Waals surface area contributed by atoms with Gasteiger partial charge in [-0.15, -0.1) is 0 Å². The molecule has 0 unspecified atom stereocenters. The van der Waals surface area contributed by atoms with Gasteiger partial charge in [-0.25, -0.2) is 4.39 Å².